The molecule has 2 rings (SSSR count). The van der Waals surface area contributed by atoms with Crippen molar-refractivity contribution in [1.29, 1.82) is 0 Å². The number of alkyl halides is 2. The van der Waals surface area contributed by atoms with E-state index in [4.69, 9.17) is 5.73 Å². The Morgan fingerprint density at radius 3 is 2.37 bits per heavy atom. The average molecular weight is 422 g/mol. The molecule has 1 aliphatic heterocycles. The highest BCUT2D eigenvalue weighted by Crippen LogP contribution is 2.26. The molecule has 1 saturated heterocycles. The molecule has 152 valence electrons. The minimum Gasteiger partial charge on any atom is -0.348 e. The smallest absolute Gasteiger partial charge is 0.277 e. The van der Waals surface area contributed by atoms with Crippen molar-refractivity contribution >= 4 is 36.0 Å². The number of amides is 2. The SMILES string of the molecule is CC(C)(C)c1ccc(C(=O)N2CSCC2C(=O)NCC(F)(F)CN)cc1.Cl. The molecular weight excluding hydrogens is 396 g/mol. The lowest BCUT2D eigenvalue weighted by atomic mass is 9.86. The van der Waals surface area contributed by atoms with Gasteiger partial charge in [0.15, 0.2) is 0 Å². The van der Waals surface area contributed by atoms with Gasteiger partial charge in [0.05, 0.1) is 19.0 Å². The number of benzene rings is 1. The van der Waals surface area contributed by atoms with Gasteiger partial charge in [-0.3, -0.25) is 9.59 Å². The molecule has 0 saturated carbocycles. The fraction of sp³-hybridized carbons (Fsp3) is 0.556. The molecule has 0 spiro atoms. The summed E-state index contributed by atoms with van der Waals surface area (Å²) in [4.78, 5) is 26.4. The highest BCUT2D eigenvalue weighted by molar-refractivity contribution is 7.99. The van der Waals surface area contributed by atoms with Gasteiger partial charge in [0.1, 0.15) is 6.04 Å². The van der Waals surface area contributed by atoms with Crippen LogP contribution in [0.25, 0.3) is 0 Å². The van der Waals surface area contributed by atoms with E-state index in [1.165, 1.54) is 16.7 Å². The van der Waals surface area contributed by atoms with E-state index in [0.717, 1.165) is 5.56 Å². The van der Waals surface area contributed by atoms with Gasteiger partial charge in [0, 0.05) is 11.3 Å². The predicted molar refractivity (Wildman–Crippen MR) is 107 cm³/mol. The third-order valence-corrected chi connectivity index (χ3v) is 5.28. The van der Waals surface area contributed by atoms with E-state index in [1.54, 1.807) is 12.1 Å². The molecule has 1 heterocycles. The number of halogens is 3. The molecule has 0 radical (unpaired) electrons. The van der Waals surface area contributed by atoms with Crippen LogP contribution >= 0.6 is 24.2 Å². The van der Waals surface area contributed by atoms with Crippen molar-refractivity contribution in [2.75, 3.05) is 24.7 Å². The van der Waals surface area contributed by atoms with Gasteiger partial charge < -0.3 is 16.0 Å². The summed E-state index contributed by atoms with van der Waals surface area (Å²) in [5.74, 6) is -3.28. The van der Waals surface area contributed by atoms with Crippen LogP contribution in [-0.4, -0.2) is 53.4 Å². The molecule has 2 amide bonds. The maximum atomic E-state index is 13.2. The van der Waals surface area contributed by atoms with E-state index in [2.05, 4.69) is 26.1 Å². The normalized spacial score (nSPS) is 17.4. The molecule has 9 heteroatoms. The molecule has 27 heavy (non-hydrogen) atoms. The minimum atomic E-state index is -3.15. The van der Waals surface area contributed by atoms with Crippen molar-refractivity contribution < 1.29 is 18.4 Å². The first-order valence-electron chi connectivity index (χ1n) is 8.40. The Morgan fingerprint density at radius 2 is 1.85 bits per heavy atom. The Balaban J connectivity index is 0.00000364. The topological polar surface area (TPSA) is 75.4 Å². The number of thioether (sulfide) groups is 1. The number of carbonyl (C=O) groups excluding carboxylic acids is 2. The van der Waals surface area contributed by atoms with Gasteiger partial charge in [0.25, 0.3) is 11.8 Å². The molecule has 0 aromatic heterocycles. The van der Waals surface area contributed by atoms with Gasteiger partial charge in [-0.05, 0) is 23.1 Å². The van der Waals surface area contributed by atoms with Gasteiger partial charge in [0.2, 0.25) is 5.91 Å². The first-order valence-corrected chi connectivity index (χ1v) is 9.55. The second-order valence-corrected chi connectivity index (χ2v) is 8.40. The van der Waals surface area contributed by atoms with E-state index >= 15 is 0 Å². The number of nitrogens with two attached hydrogens (primary N) is 1. The number of hydrogen-bond acceptors (Lipinski definition) is 4. The van der Waals surface area contributed by atoms with Crippen LogP contribution in [0.1, 0.15) is 36.7 Å². The van der Waals surface area contributed by atoms with Crippen LogP contribution in [-0.2, 0) is 10.2 Å². The molecule has 1 aliphatic rings. The molecule has 1 unspecified atom stereocenters. The van der Waals surface area contributed by atoms with E-state index < -0.39 is 31.0 Å². The second kappa shape index (κ2) is 9.21. The highest BCUT2D eigenvalue weighted by atomic mass is 35.5. The minimum absolute atomic E-state index is 0. The standard InChI is InChI=1S/C18H25F2N3O2S.ClH/c1-17(2,3)13-6-4-12(5-7-13)16(25)23-11-26-8-14(23)15(24)22-10-18(19,20)9-21;/h4-7,14H,8-11,21H2,1-3H3,(H,22,24);1H. The van der Waals surface area contributed by atoms with Crippen molar-refractivity contribution in [3.63, 3.8) is 0 Å². The van der Waals surface area contributed by atoms with Gasteiger partial charge in [-0.2, -0.15) is 0 Å². The van der Waals surface area contributed by atoms with Crippen LogP contribution in [0.3, 0.4) is 0 Å². The van der Waals surface area contributed by atoms with E-state index in [0.29, 0.717) is 17.2 Å². The maximum Gasteiger partial charge on any atom is 0.277 e. The first-order chi connectivity index (χ1) is 12.0. The van der Waals surface area contributed by atoms with Crippen molar-refractivity contribution in [3.8, 4) is 0 Å². The largest absolute Gasteiger partial charge is 0.348 e. The Kier molecular flexibility index (Phi) is 8.07. The summed E-state index contributed by atoms with van der Waals surface area (Å²) in [6, 6.07) is 6.51. The summed E-state index contributed by atoms with van der Waals surface area (Å²) in [7, 11) is 0. The zero-order valence-electron chi connectivity index (χ0n) is 15.6. The average Bonchev–Trinajstić information content (AvgIpc) is 3.08. The van der Waals surface area contributed by atoms with Crippen molar-refractivity contribution in [2.45, 2.75) is 38.2 Å². The summed E-state index contributed by atoms with van der Waals surface area (Å²) >= 11 is 1.42. The lowest BCUT2D eigenvalue weighted by molar-refractivity contribution is -0.126. The molecule has 5 nitrogen and oxygen atoms in total. The fourth-order valence-electron chi connectivity index (χ4n) is 2.55. The molecule has 1 atom stereocenters. The monoisotopic (exact) mass is 421 g/mol. The van der Waals surface area contributed by atoms with Gasteiger partial charge >= 0.3 is 0 Å². The van der Waals surface area contributed by atoms with Gasteiger partial charge in [-0.15, -0.1) is 24.2 Å². The molecule has 0 bridgehead atoms. The molecule has 1 aromatic rings. The number of nitrogens with one attached hydrogen (secondary N) is 1. The molecule has 1 fully saturated rings. The number of hydrogen-bond donors (Lipinski definition) is 2. The van der Waals surface area contributed by atoms with Crippen LogP contribution in [0.5, 0.6) is 0 Å². The predicted octanol–water partition coefficient (Wildman–Crippen LogP) is 2.63. The maximum absolute atomic E-state index is 13.2. The zero-order chi connectivity index (χ0) is 19.5. The van der Waals surface area contributed by atoms with E-state index in [9.17, 15) is 18.4 Å². The first kappa shape index (κ1) is 23.7. The van der Waals surface area contributed by atoms with Crippen molar-refractivity contribution in [2.24, 2.45) is 5.73 Å². The quantitative estimate of drug-likeness (QED) is 0.766. The Bertz CT molecular complexity index is 666. The summed E-state index contributed by atoms with van der Waals surface area (Å²) in [5.41, 5.74) is 6.52. The Labute approximate surface area is 168 Å². The number of rotatable bonds is 5. The lowest BCUT2D eigenvalue weighted by Gasteiger charge is -2.25. The van der Waals surface area contributed by atoms with Crippen LogP contribution in [0.4, 0.5) is 8.78 Å². The summed E-state index contributed by atoms with van der Waals surface area (Å²) in [6.45, 7) is 4.58. The van der Waals surface area contributed by atoms with E-state index in [-0.39, 0.29) is 23.7 Å². The van der Waals surface area contributed by atoms with Crippen molar-refractivity contribution in [3.05, 3.63) is 35.4 Å². The summed E-state index contributed by atoms with van der Waals surface area (Å²) in [5, 5.41) is 2.20. The summed E-state index contributed by atoms with van der Waals surface area (Å²) in [6.07, 6.45) is 0. The second-order valence-electron chi connectivity index (χ2n) is 7.40. The molecule has 0 aliphatic carbocycles. The lowest BCUT2D eigenvalue weighted by Crippen LogP contribution is -2.50. The molecule has 1 aromatic carbocycles. The van der Waals surface area contributed by atoms with Crippen LogP contribution in [0, 0.1) is 0 Å². The van der Waals surface area contributed by atoms with Crippen LogP contribution in [0.2, 0.25) is 0 Å². The third-order valence-electron chi connectivity index (χ3n) is 4.26. The highest BCUT2D eigenvalue weighted by Gasteiger charge is 2.36. The number of nitrogens with zero attached hydrogens (tertiary/aromatic N) is 1. The van der Waals surface area contributed by atoms with Crippen LogP contribution < -0.4 is 11.1 Å². The number of carbonyl (C=O) groups is 2. The Morgan fingerprint density at radius 1 is 1.26 bits per heavy atom. The molecule has 3 N–H and O–H groups in total. The zero-order valence-corrected chi connectivity index (χ0v) is 17.3. The summed E-state index contributed by atoms with van der Waals surface area (Å²) < 4.78 is 26.5. The fourth-order valence-corrected chi connectivity index (χ4v) is 3.70. The van der Waals surface area contributed by atoms with E-state index in [1.807, 2.05) is 12.1 Å². The van der Waals surface area contributed by atoms with Gasteiger partial charge in [-0.25, -0.2) is 8.78 Å². The van der Waals surface area contributed by atoms with Crippen LogP contribution in [0.15, 0.2) is 24.3 Å². The Hall–Kier alpha value is -1.38. The van der Waals surface area contributed by atoms with Crippen molar-refractivity contribution in [1.82, 2.24) is 10.2 Å². The molecular formula is C18H26ClF2N3O2S. The van der Waals surface area contributed by atoms with Gasteiger partial charge in [-0.1, -0.05) is 32.9 Å². The third kappa shape index (κ3) is 6.05.